The fourth-order valence-electron chi connectivity index (χ4n) is 1.20. The van der Waals surface area contributed by atoms with Crippen molar-refractivity contribution in [3.8, 4) is 0 Å². The lowest BCUT2D eigenvalue weighted by Gasteiger charge is -2.05. The molecule has 0 bridgehead atoms. The molecular formula is C9H10ClN3O5S. The number of nitrogens with two attached hydrogens (primary N) is 1. The van der Waals surface area contributed by atoms with Crippen LogP contribution in [0.25, 0.3) is 0 Å². The monoisotopic (exact) mass is 307 g/mol. The van der Waals surface area contributed by atoms with Crippen LogP contribution in [-0.2, 0) is 10.0 Å². The molecule has 1 amide bonds. The van der Waals surface area contributed by atoms with Crippen LogP contribution in [0, 0.1) is 10.1 Å². The van der Waals surface area contributed by atoms with Gasteiger partial charge in [-0.15, -0.1) is 0 Å². The number of benzene rings is 1. The first kappa shape index (κ1) is 15.3. The van der Waals surface area contributed by atoms with Crippen LogP contribution in [0.2, 0.25) is 5.02 Å². The van der Waals surface area contributed by atoms with Crippen molar-refractivity contribution in [2.24, 2.45) is 5.14 Å². The average Bonchev–Trinajstić information content (AvgIpc) is 2.26. The van der Waals surface area contributed by atoms with Gasteiger partial charge in [0.05, 0.1) is 21.3 Å². The van der Waals surface area contributed by atoms with Gasteiger partial charge in [-0.25, -0.2) is 13.6 Å². The Balaban J connectivity index is 2.75. The van der Waals surface area contributed by atoms with Gasteiger partial charge < -0.3 is 5.32 Å². The van der Waals surface area contributed by atoms with E-state index in [4.69, 9.17) is 16.7 Å². The van der Waals surface area contributed by atoms with Crippen molar-refractivity contribution in [2.75, 3.05) is 12.3 Å². The van der Waals surface area contributed by atoms with Crippen molar-refractivity contribution in [1.82, 2.24) is 5.32 Å². The number of hydrogen-bond donors (Lipinski definition) is 2. The van der Waals surface area contributed by atoms with E-state index in [0.29, 0.717) is 0 Å². The summed E-state index contributed by atoms with van der Waals surface area (Å²) < 4.78 is 21.3. The Morgan fingerprint density at radius 2 is 2.11 bits per heavy atom. The summed E-state index contributed by atoms with van der Waals surface area (Å²) in [7, 11) is -3.67. The third-order valence-electron chi connectivity index (χ3n) is 2.08. The van der Waals surface area contributed by atoms with Gasteiger partial charge in [0.25, 0.3) is 11.6 Å². The van der Waals surface area contributed by atoms with Gasteiger partial charge in [0.1, 0.15) is 0 Å². The lowest BCUT2D eigenvalue weighted by molar-refractivity contribution is -0.384. The standard InChI is InChI=1S/C9H10ClN3O5S/c10-8-5-6(13(15)16)1-2-7(8)9(14)12-3-4-19(11,17)18/h1-2,5H,3-4H2,(H,12,14)(H2,11,17,18). The highest BCUT2D eigenvalue weighted by atomic mass is 35.5. The Kier molecular flexibility index (Phi) is 4.81. The maximum atomic E-state index is 11.6. The minimum atomic E-state index is -3.67. The number of nitro benzene ring substituents is 1. The summed E-state index contributed by atoms with van der Waals surface area (Å²) in [5.74, 6) is -1.05. The van der Waals surface area contributed by atoms with Gasteiger partial charge in [-0.05, 0) is 6.07 Å². The van der Waals surface area contributed by atoms with Crippen LogP contribution in [0.4, 0.5) is 5.69 Å². The highest BCUT2D eigenvalue weighted by molar-refractivity contribution is 7.89. The molecule has 0 saturated heterocycles. The Morgan fingerprint density at radius 3 is 2.58 bits per heavy atom. The van der Waals surface area contributed by atoms with E-state index >= 15 is 0 Å². The number of primary sulfonamides is 1. The number of carbonyl (C=O) groups excluding carboxylic acids is 1. The quantitative estimate of drug-likeness (QED) is 0.595. The second kappa shape index (κ2) is 5.95. The molecule has 0 aliphatic heterocycles. The maximum absolute atomic E-state index is 11.6. The smallest absolute Gasteiger partial charge is 0.270 e. The molecule has 0 aliphatic rings. The molecule has 0 heterocycles. The Morgan fingerprint density at radius 1 is 1.47 bits per heavy atom. The molecule has 1 rings (SSSR count). The fraction of sp³-hybridized carbons (Fsp3) is 0.222. The van der Waals surface area contributed by atoms with Crippen LogP contribution < -0.4 is 10.5 Å². The van der Waals surface area contributed by atoms with E-state index in [-0.39, 0.29) is 22.8 Å². The molecule has 3 N–H and O–H groups in total. The van der Waals surface area contributed by atoms with Crippen molar-refractivity contribution in [3.05, 3.63) is 38.9 Å². The minimum Gasteiger partial charge on any atom is -0.351 e. The zero-order chi connectivity index (χ0) is 14.6. The number of halogens is 1. The molecule has 0 atom stereocenters. The van der Waals surface area contributed by atoms with Gasteiger partial charge in [-0.2, -0.15) is 0 Å². The minimum absolute atomic E-state index is 0.0155. The fourth-order valence-corrected chi connectivity index (χ4v) is 1.85. The summed E-state index contributed by atoms with van der Waals surface area (Å²) >= 11 is 5.73. The molecule has 10 heteroatoms. The molecule has 0 aromatic heterocycles. The molecule has 0 saturated carbocycles. The first-order valence-electron chi connectivity index (χ1n) is 4.93. The van der Waals surface area contributed by atoms with Gasteiger partial charge in [-0.3, -0.25) is 14.9 Å². The van der Waals surface area contributed by atoms with E-state index in [1.165, 1.54) is 6.07 Å². The zero-order valence-electron chi connectivity index (χ0n) is 9.50. The van der Waals surface area contributed by atoms with Gasteiger partial charge in [-0.1, -0.05) is 11.6 Å². The first-order valence-corrected chi connectivity index (χ1v) is 7.02. The highest BCUT2D eigenvalue weighted by Gasteiger charge is 2.15. The number of amides is 1. The number of sulfonamides is 1. The largest absolute Gasteiger partial charge is 0.351 e. The van der Waals surface area contributed by atoms with E-state index in [0.717, 1.165) is 12.1 Å². The van der Waals surface area contributed by atoms with Crippen molar-refractivity contribution < 1.29 is 18.1 Å². The summed E-state index contributed by atoms with van der Waals surface area (Å²) in [5.41, 5.74) is -0.229. The number of rotatable bonds is 5. The molecule has 19 heavy (non-hydrogen) atoms. The normalized spacial score (nSPS) is 11.1. The van der Waals surface area contributed by atoms with Crippen LogP contribution in [0.5, 0.6) is 0 Å². The molecule has 0 fully saturated rings. The van der Waals surface area contributed by atoms with E-state index in [2.05, 4.69) is 5.32 Å². The molecular weight excluding hydrogens is 298 g/mol. The lowest BCUT2D eigenvalue weighted by Crippen LogP contribution is -2.31. The molecule has 0 radical (unpaired) electrons. The van der Waals surface area contributed by atoms with Crippen LogP contribution in [-0.4, -0.2) is 31.5 Å². The molecule has 0 unspecified atom stereocenters. The number of hydrogen-bond acceptors (Lipinski definition) is 5. The average molecular weight is 308 g/mol. The number of non-ortho nitro benzene ring substituents is 1. The second-order valence-corrected chi connectivity index (χ2v) is 5.69. The Bertz CT molecular complexity index is 616. The van der Waals surface area contributed by atoms with Crippen LogP contribution in [0.1, 0.15) is 10.4 Å². The predicted molar refractivity (Wildman–Crippen MR) is 68.4 cm³/mol. The van der Waals surface area contributed by atoms with Crippen LogP contribution in [0.3, 0.4) is 0 Å². The SMILES string of the molecule is NS(=O)(=O)CCNC(=O)c1ccc([N+](=O)[O-])cc1Cl. The van der Waals surface area contributed by atoms with Gasteiger partial charge >= 0.3 is 0 Å². The molecule has 104 valence electrons. The Labute approximate surface area is 113 Å². The van der Waals surface area contributed by atoms with Gasteiger partial charge in [0, 0.05) is 18.7 Å². The van der Waals surface area contributed by atoms with Gasteiger partial charge in [0.15, 0.2) is 0 Å². The zero-order valence-corrected chi connectivity index (χ0v) is 11.1. The maximum Gasteiger partial charge on any atom is 0.270 e. The Hall–Kier alpha value is -1.71. The summed E-state index contributed by atoms with van der Waals surface area (Å²) in [6.45, 7) is -0.176. The van der Waals surface area contributed by atoms with E-state index in [9.17, 15) is 23.3 Å². The lowest BCUT2D eigenvalue weighted by atomic mass is 10.2. The first-order chi connectivity index (χ1) is 8.70. The summed E-state index contributed by atoms with van der Waals surface area (Å²) in [6, 6.07) is 3.35. The third-order valence-corrected chi connectivity index (χ3v) is 3.17. The summed E-state index contributed by atoms with van der Waals surface area (Å²) in [4.78, 5) is 21.5. The number of nitrogens with one attached hydrogen (secondary N) is 1. The van der Waals surface area contributed by atoms with E-state index in [1.807, 2.05) is 0 Å². The van der Waals surface area contributed by atoms with Crippen molar-refractivity contribution in [2.45, 2.75) is 0 Å². The predicted octanol–water partition coefficient (Wildman–Crippen LogP) is 0.267. The van der Waals surface area contributed by atoms with E-state index in [1.54, 1.807) is 0 Å². The van der Waals surface area contributed by atoms with Gasteiger partial charge in [0.2, 0.25) is 10.0 Å². The van der Waals surface area contributed by atoms with Crippen molar-refractivity contribution >= 4 is 33.2 Å². The van der Waals surface area contributed by atoms with Crippen molar-refractivity contribution in [1.29, 1.82) is 0 Å². The topological polar surface area (TPSA) is 132 Å². The van der Waals surface area contributed by atoms with E-state index < -0.39 is 26.6 Å². The molecule has 0 spiro atoms. The van der Waals surface area contributed by atoms with Crippen LogP contribution >= 0.6 is 11.6 Å². The molecule has 1 aromatic rings. The molecule has 8 nitrogen and oxygen atoms in total. The summed E-state index contributed by atoms with van der Waals surface area (Å²) in [6.07, 6.45) is 0. The number of nitrogens with zero attached hydrogens (tertiary/aromatic N) is 1. The summed E-state index contributed by atoms with van der Waals surface area (Å²) in [5, 5.41) is 17.4. The molecule has 1 aromatic carbocycles. The number of nitro groups is 1. The number of carbonyl (C=O) groups is 1. The highest BCUT2D eigenvalue weighted by Crippen LogP contribution is 2.22. The second-order valence-electron chi connectivity index (χ2n) is 3.54. The van der Waals surface area contributed by atoms with Crippen LogP contribution in [0.15, 0.2) is 18.2 Å². The third kappa shape index (κ3) is 4.81. The van der Waals surface area contributed by atoms with Crippen molar-refractivity contribution in [3.63, 3.8) is 0 Å². The molecule has 0 aliphatic carbocycles.